The summed E-state index contributed by atoms with van der Waals surface area (Å²) in [6.45, 7) is 2.09. The van der Waals surface area contributed by atoms with Crippen LogP contribution in [0.15, 0.2) is 24.3 Å². The largest absolute Gasteiger partial charge is 0.368 e. The number of halogens is 1. The minimum absolute atomic E-state index is 0.0985. The molecule has 0 fully saturated rings. The van der Waals surface area contributed by atoms with E-state index in [9.17, 15) is 4.79 Å². The van der Waals surface area contributed by atoms with Crippen LogP contribution in [0, 0.1) is 0 Å². The Kier molecular flexibility index (Phi) is 4.74. The molecule has 1 aromatic carbocycles. The van der Waals surface area contributed by atoms with Crippen molar-refractivity contribution in [2.45, 2.75) is 32.6 Å². The van der Waals surface area contributed by atoms with Gasteiger partial charge >= 0.3 is 0 Å². The average Bonchev–Trinajstić information content (AvgIpc) is 2.81. The van der Waals surface area contributed by atoms with Gasteiger partial charge in [0.2, 0.25) is 11.9 Å². The number of nitrogens with two attached hydrogens (primary N) is 1. The number of hydrogen-bond acceptors (Lipinski definition) is 4. The van der Waals surface area contributed by atoms with Gasteiger partial charge in [0.1, 0.15) is 0 Å². The lowest BCUT2D eigenvalue weighted by atomic mass is 10.2. The summed E-state index contributed by atoms with van der Waals surface area (Å²) in [5, 5.41) is 4.70. The molecule has 106 valence electrons. The first-order chi connectivity index (χ1) is 9.63. The molecule has 2 aromatic rings. The van der Waals surface area contributed by atoms with Crippen LogP contribution in [0.1, 0.15) is 37.4 Å². The molecule has 5 nitrogen and oxygen atoms in total. The number of anilines is 1. The Morgan fingerprint density at radius 3 is 2.80 bits per heavy atom. The maximum absolute atomic E-state index is 12.0. The lowest BCUT2D eigenvalue weighted by Crippen LogP contribution is -2.15. The molecule has 0 aliphatic rings. The Labute approximate surface area is 122 Å². The molecule has 0 aliphatic carbocycles. The van der Waals surface area contributed by atoms with Crippen molar-refractivity contribution >= 4 is 23.5 Å². The van der Waals surface area contributed by atoms with Crippen molar-refractivity contribution in [2.24, 2.45) is 0 Å². The van der Waals surface area contributed by atoms with Crippen LogP contribution < -0.4 is 5.73 Å². The van der Waals surface area contributed by atoms with Crippen LogP contribution in [0.2, 0.25) is 5.02 Å². The summed E-state index contributed by atoms with van der Waals surface area (Å²) < 4.78 is 1.16. The molecule has 0 unspecified atom stereocenters. The minimum Gasteiger partial charge on any atom is -0.368 e. The van der Waals surface area contributed by atoms with E-state index in [1.807, 2.05) is 12.1 Å². The molecule has 0 amide bonds. The summed E-state index contributed by atoms with van der Waals surface area (Å²) in [7, 11) is 0. The molecule has 0 bridgehead atoms. The quantitative estimate of drug-likeness (QED) is 0.857. The van der Waals surface area contributed by atoms with Crippen LogP contribution in [-0.4, -0.2) is 20.7 Å². The Hall–Kier alpha value is -1.88. The second kappa shape index (κ2) is 6.52. The number of rotatable bonds is 5. The summed E-state index contributed by atoms with van der Waals surface area (Å²) in [4.78, 5) is 16.1. The van der Waals surface area contributed by atoms with E-state index in [1.165, 1.54) is 0 Å². The fourth-order valence-electron chi connectivity index (χ4n) is 1.90. The predicted octanol–water partition coefficient (Wildman–Crippen LogP) is 3.40. The number of unbranched alkanes of at least 4 members (excludes halogenated alkanes) is 2. The Morgan fingerprint density at radius 1 is 1.35 bits per heavy atom. The molecule has 1 aromatic heterocycles. The van der Waals surface area contributed by atoms with E-state index in [1.54, 1.807) is 12.1 Å². The third-order valence-corrected chi connectivity index (χ3v) is 3.31. The Balaban J connectivity index is 2.22. The topological polar surface area (TPSA) is 73.8 Å². The van der Waals surface area contributed by atoms with Gasteiger partial charge < -0.3 is 5.73 Å². The molecule has 0 saturated heterocycles. The molecule has 0 atom stereocenters. The number of nitrogens with zero attached hydrogens (tertiary/aromatic N) is 3. The minimum atomic E-state index is -0.137. The molecule has 2 N–H and O–H groups in total. The monoisotopic (exact) mass is 292 g/mol. The van der Waals surface area contributed by atoms with Crippen LogP contribution in [0.5, 0.6) is 0 Å². The van der Waals surface area contributed by atoms with Crippen molar-refractivity contribution in [3.8, 4) is 11.4 Å². The highest BCUT2D eigenvalue weighted by Gasteiger charge is 2.16. The van der Waals surface area contributed by atoms with Gasteiger partial charge in [-0.2, -0.15) is 9.67 Å². The highest BCUT2D eigenvalue weighted by Crippen LogP contribution is 2.25. The van der Waals surface area contributed by atoms with E-state index in [2.05, 4.69) is 17.0 Å². The maximum Gasteiger partial charge on any atom is 0.250 e. The number of hydrogen-bond donors (Lipinski definition) is 1. The van der Waals surface area contributed by atoms with Gasteiger partial charge in [0.15, 0.2) is 5.82 Å². The second-order valence-corrected chi connectivity index (χ2v) is 4.94. The Bertz CT molecular complexity index is 609. The molecular weight excluding hydrogens is 276 g/mol. The molecule has 1 heterocycles. The van der Waals surface area contributed by atoms with Gasteiger partial charge in [0.05, 0.1) is 5.02 Å². The van der Waals surface area contributed by atoms with Crippen LogP contribution in [0.3, 0.4) is 0 Å². The highest BCUT2D eigenvalue weighted by molar-refractivity contribution is 6.33. The van der Waals surface area contributed by atoms with E-state index >= 15 is 0 Å². The van der Waals surface area contributed by atoms with Crippen LogP contribution in [0.25, 0.3) is 11.4 Å². The number of nitrogen functional groups attached to an aromatic ring is 1. The van der Waals surface area contributed by atoms with Crippen LogP contribution >= 0.6 is 11.6 Å². The summed E-state index contributed by atoms with van der Waals surface area (Å²) in [6, 6.07) is 7.20. The van der Waals surface area contributed by atoms with Gasteiger partial charge in [0, 0.05) is 12.0 Å². The summed E-state index contributed by atoms with van der Waals surface area (Å²) in [6.07, 6.45) is 3.32. The van der Waals surface area contributed by atoms with Crippen LogP contribution in [-0.2, 0) is 0 Å². The van der Waals surface area contributed by atoms with Crippen molar-refractivity contribution in [1.82, 2.24) is 14.8 Å². The fraction of sp³-hybridized carbons (Fsp3) is 0.357. The first-order valence-electron chi connectivity index (χ1n) is 6.64. The lowest BCUT2D eigenvalue weighted by molar-refractivity contribution is 0.0886. The van der Waals surface area contributed by atoms with Gasteiger partial charge in [-0.15, -0.1) is 5.10 Å². The van der Waals surface area contributed by atoms with Gasteiger partial charge in [-0.3, -0.25) is 4.79 Å². The standard InChI is InChI=1S/C14H17ClN4O/c1-2-3-4-9-12(20)19-14(16)17-13(18-19)10-7-5-6-8-11(10)15/h5-8H,2-4,9H2,1H3,(H2,16,17,18). The number of carbonyl (C=O) groups is 1. The molecule has 2 rings (SSSR count). The van der Waals surface area contributed by atoms with Gasteiger partial charge in [-0.25, -0.2) is 0 Å². The van der Waals surface area contributed by atoms with Crippen molar-refractivity contribution in [3.05, 3.63) is 29.3 Å². The summed E-state index contributed by atoms with van der Waals surface area (Å²) in [5.74, 6) is 0.333. The van der Waals surface area contributed by atoms with Gasteiger partial charge in [0.25, 0.3) is 0 Å². The first kappa shape index (κ1) is 14.5. The molecule has 6 heteroatoms. The SMILES string of the molecule is CCCCCC(=O)n1nc(-c2ccccc2Cl)nc1N. The average molecular weight is 293 g/mol. The zero-order valence-electron chi connectivity index (χ0n) is 11.3. The smallest absolute Gasteiger partial charge is 0.250 e. The number of aromatic nitrogens is 3. The molecule has 0 aliphatic heterocycles. The van der Waals surface area contributed by atoms with Gasteiger partial charge in [-0.1, -0.05) is 43.5 Å². The zero-order chi connectivity index (χ0) is 14.5. The lowest BCUT2D eigenvalue weighted by Gasteiger charge is -2.00. The zero-order valence-corrected chi connectivity index (χ0v) is 12.1. The second-order valence-electron chi connectivity index (χ2n) is 4.54. The van der Waals surface area contributed by atoms with E-state index < -0.39 is 0 Å². The molecule has 20 heavy (non-hydrogen) atoms. The summed E-state index contributed by atoms with van der Waals surface area (Å²) >= 11 is 6.09. The molecular formula is C14H17ClN4O. The van der Waals surface area contributed by atoms with Gasteiger partial charge in [-0.05, 0) is 18.6 Å². The van der Waals surface area contributed by atoms with E-state index in [4.69, 9.17) is 17.3 Å². The van der Waals surface area contributed by atoms with Crippen LogP contribution in [0.4, 0.5) is 5.95 Å². The maximum atomic E-state index is 12.0. The Morgan fingerprint density at radius 2 is 2.10 bits per heavy atom. The normalized spacial score (nSPS) is 10.7. The molecule has 0 saturated carbocycles. The predicted molar refractivity (Wildman–Crippen MR) is 79.6 cm³/mol. The fourth-order valence-corrected chi connectivity index (χ4v) is 2.12. The first-order valence-corrected chi connectivity index (χ1v) is 7.02. The van der Waals surface area contributed by atoms with Crippen molar-refractivity contribution in [2.75, 3.05) is 5.73 Å². The summed E-state index contributed by atoms with van der Waals surface area (Å²) in [5.41, 5.74) is 6.43. The third kappa shape index (κ3) is 3.17. The van der Waals surface area contributed by atoms with E-state index in [0.717, 1.165) is 23.9 Å². The molecule has 0 spiro atoms. The van der Waals surface area contributed by atoms with E-state index in [0.29, 0.717) is 22.8 Å². The number of carbonyl (C=O) groups excluding carboxylic acids is 1. The third-order valence-electron chi connectivity index (χ3n) is 2.98. The molecule has 0 radical (unpaired) electrons. The van der Waals surface area contributed by atoms with Crippen molar-refractivity contribution in [3.63, 3.8) is 0 Å². The van der Waals surface area contributed by atoms with E-state index in [-0.39, 0.29) is 11.9 Å². The number of benzene rings is 1. The van der Waals surface area contributed by atoms with Crippen molar-refractivity contribution < 1.29 is 4.79 Å². The highest BCUT2D eigenvalue weighted by atomic mass is 35.5. The van der Waals surface area contributed by atoms with Crippen molar-refractivity contribution in [1.29, 1.82) is 0 Å².